The second-order valence-electron chi connectivity index (χ2n) is 2.38. The van der Waals surface area contributed by atoms with E-state index in [-0.39, 0.29) is 5.69 Å². The molecule has 0 bridgehead atoms. The zero-order valence-corrected chi connectivity index (χ0v) is 10.6. The van der Waals surface area contributed by atoms with Crippen LogP contribution in [0.1, 0.15) is 5.56 Å². The molecule has 0 unspecified atom stereocenters. The first-order valence-electron chi connectivity index (χ1n) is 3.48. The standard InChI is InChI=1S/C8H4Br2ClNO2/c9-8(10)7(11)5-1-3-6(4-2-5)12(13)14/h1-4H. The number of rotatable bonds is 2. The van der Waals surface area contributed by atoms with Crippen LogP contribution in [0.3, 0.4) is 0 Å². The van der Waals surface area contributed by atoms with Gasteiger partial charge < -0.3 is 0 Å². The van der Waals surface area contributed by atoms with Crippen LogP contribution in [0.5, 0.6) is 0 Å². The minimum Gasteiger partial charge on any atom is -0.258 e. The Morgan fingerprint density at radius 1 is 1.29 bits per heavy atom. The van der Waals surface area contributed by atoms with Gasteiger partial charge in [0.25, 0.3) is 5.69 Å². The van der Waals surface area contributed by atoms with Crippen LogP contribution < -0.4 is 0 Å². The Hall–Kier alpha value is -0.390. The van der Waals surface area contributed by atoms with Crippen molar-refractivity contribution in [1.29, 1.82) is 0 Å². The molecule has 74 valence electrons. The molecular formula is C8H4Br2ClNO2. The Balaban J connectivity index is 3.06. The van der Waals surface area contributed by atoms with Crippen LogP contribution in [0.25, 0.3) is 5.03 Å². The zero-order valence-electron chi connectivity index (χ0n) is 6.71. The number of nitrogens with zero attached hydrogens (tertiary/aromatic N) is 1. The second-order valence-corrected chi connectivity index (χ2v) is 5.41. The topological polar surface area (TPSA) is 43.1 Å². The van der Waals surface area contributed by atoms with E-state index in [9.17, 15) is 10.1 Å². The molecule has 1 aromatic carbocycles. The fourth-order valence-electron chi connectivity index (χ4n) is 0.839. The van der Waals surface area contributed by atoms with Gasteiger partial charge in [0.15, 0.2) is 0 Å². The summed E-state index contributed by atoms with van der Waals surface area (Å²) in [6.45, 7) is 0. The fraction of sp³-hybridized carbons (Fsp3) is 0. The highest BCUT2D eigenvalue weighted by Crippen LogP contribution is 2.31. The number of benzene rings is 1. The van der Waals surface area contributed by atoms with Crippen LogP contribution >= 0.6 is 43.5 Å². The van der Waals surface area contributed by atoms with Gasteiger partial charge in [-0.15, -0.1) is 0 Å². The minimum absolute atomic E-state index is 0.0453. The molecule has 0 radical (unpaired) electrons. The van der Waals surface area contributed by atoms with Crippen molar-refractivity contribution >= 4 is 54.2 Å². The molecule has 0 atom stereocenters. The summed E-state index contributed by atoms with van der Waals surface area (Å²) in [4.78, 5) is 9.90. The zero-order chi connectivity index (χ0) is 10.7. The SMILES string of the molecule is O=[N+]([O-])c1ccc(C(Cl)=C(Br)Br)cc1. The number of halogens is 3. The van der Waals surface area contributed by atoms with Crippen molar-refractivity contribution in [3.8, 4) is 0 Å². The summed E-state index contributed by atoms with van der Waals surface area (Å²) >= 11 is 12.2. The summed E-state index contributed by atoms with van der Waals surface area (Å²) in [5.74, 6) is 0. The first kappa shape index (κ1) is 11.7. The molecule has 6 heteroatoms. The molecule has 0 saturated heterocycles. The van der Waals surface area contributed by atoms with Gasteiger partial charge in [-0.3, -0.25) is 10.1 Å². The highest BCUT2D eigenvalue weighted by molar-refractivity contribution is 9.28. The van der Waals surface area contributed by atoms with Gasteiger partial charge in [0.2, 0.25) is 0 Å². The third kappa shape index (κ3) is 2.80. The van der Waals surface area contributed by atoms with E-state index in [4.69, 9.17) is 11.6 Å². The summed E-state index contributed by atoms with van der Waals surface area (Å²) in [6.07, 6.45) is 0. The Labute approximate surface area is 102 Å². The van der Waals surface area contributed by atoms with E-state index in [1.54, 1.807) is 12.1 Å². The number of nitro groups is 1. The summed E-state index contributed by atoms with van der Waals surface area (Å²) in [5.41, 5.74) is 0.755. The first-order valence-corrected chi connectivity index (χ1v) is 5.44. The predicted molar refractivity (Wildman–Crippen MR) is 63.7 cm³/mol. The maximum absolute atomic E-state index is 10.4. The monoisotopic (exact) mass is 339 g/mol. The van der Waals surface area contributed by atoms with Gasteiger partial charge in [-0.05, 0) is 49.6 Å². The summed E-state index contributed by atoms with van der Waals surface area (Å²) < 4.78 is 0.612. The highest BCUT2D eigenvalue weighted by Gasteiger charge is 2.06. The summed E-state index contributed by atoms with van der Waals surface area (Å²) in [6, 6.07) is 5.98. The first-order chi connectivity index (χ1) is 6.52. The maximum Gasteiger partial charge on any atom is 0.269 e. The molecule has 0 spiro atoms. The average molecular weight is 341 g/mol. The van der Waals surface area contributed by atoms with Gasteiger partial charge in [0.1, 0.15) is 0 Å². The molecule has 0 amide bonds. The molecule has 1 aromatic rings. The van der Waals surface area contributed by atoms with Gasteiger partial charge in [0, 0.05) is 12.1 Å². The molecule has 0 aliphatic rings. The Bertz CT molecular complexity index is 385. The van der Waals surface area contributed by atoms with Gasteiger partial charge in [0.05, 0.1) is 13.3 Å². The van der Waals surface area contributed by atoms with Crippen LogP contribution in [0.15, 0.2) is 27.7 Å². The van der Waals surface area contributed by atoms with Crippen molar-refractivity contribution in [2.24, 2.45) is 0 Å². The number of non-ortho nitro benzene ring substituents is 1. The molecule has 0 aliphatic carbocycles. The molecule has 0 saturated carbocycles. The van der Waals surface area contributed by atoms with E-state index in [1.165, 1.54) is 12.1 Å². The fourth-order valence-corrected chi connectivity index (χ4v) is 1.42. The van der Waals surface area contributed by atoms with E-state index in [1.807, 2.05) is 0 Å². The third-order valence-electron chi connectivity index (χ3n) is 1.50. The van der Waals surface area contributed by atoms with Gasteiger partial charge >= 0.3 is 0 Å². The van der Waals surface area contributed by atoms with E-state index in [0.29, 0.717) is 14.0 Å². The van der Waals surface area contributed by atoms with Crippen LogP contribution in [-0.4, -0.2) is 4.92 Å². The molecule has 3 nitrogen and oxygen atoms in total. The normalized spacial score (nSPS) is 9.64. The van der Waals surface area contributed by atoms with E-state index in [0.717, 1.165) is 0 Å². The van der Waals surface area contributed by atoms with Gasteiger partial charge in [-0.2, -0.15) is 0 Å². The van der Waals surface area contributed by atoms with E-state index < -0.39 is 4.92 Å². The van der Waals surface area contributed by atoms with Crippen LogP contribution in [0, 0.1) is 10.1 Å². The molecule has 0 aliphatic heterocycles. The van der Waals surface area contributed by atoms with Crippen molar-refractivity contribution in [3.05, 3.63) is 43.3 Å². The van der Waals surface area contributed by atoms with Crippen LogP contribution in [0.2, 0.25) is 0 Å². The van der Waals surface area contributed by atoms with Gasteiger partial charge in [-0.25, -0.2) is 0 Å². The largest absolute Gasteiger partial charge is 0.269 e. The molecule has 0 heterocycles. The van der Waals surface area contributed by atoms with Crippen molar-refractivity contribution in [2.45, 2.75) is 0 Å². The third-order valence-corrected chi connectivity index (χ3v) is 3.15. The maximum atomic E-state index is 10.4. The Morgan fingerprint density at radius 3 is 2.14 bits per heavy atom. The summed E-state index contributed by atoms with van der Waals surface area (Å²) in [5, 5.41) is 10.8. The van der Waals surface area contributed by atoms with E-state index >= 15 is 0 Å². The quantitative estimate of drug-likeness (QED) is 0.596. The molecule has 0 aromatic heterocycles. The Kier molecular flexibility index (Phi) is 4.10. The molecule has 14 heavy (non-hydrogen) atoms. The van der Waals surface area contributed by atoms with Crippen LogP contribution in [0.4, 0.5) is 5.69 Å². The van der Waals surface area contributed by atoms with Gasteiger partial charge in [-0.1, -0.05) is 11.6 Å². The average Bonchev–Trinajstić information content (AvgIpc) is 2.16. The smallest absolute Gasteiger partial charge is 0.258 e. The van der Waals surface area contributed by atoms with Crippen molar-refractivity contribution in [2.75, 3.05) is 0 Å². The lowest BCUT2D eigenvalue weighted by atomic mass is 10.2. The van der Waals surface area contributed by atoms with Crippen molar-refractivity contribution in [3.63, 3.8) is 0 Å². The summed E-state index contributed by atoms with van der Waals surface area (Å²) in [7, 11) is 0. The number of hydrogen-bond donors (Lipinski definition) is 0. The highest BCUT2D eigenvalue weighted by atomic mass is 79.9. The van der Waals surface area contributed by atoms with Crippen molar-refractivity contribution in [1.82, 2.24) is 0 Å². The molecular weight excluding hydrogens is 337 g/mol. The molecule has 1 rings (SSSR count). The molecule has 0 N–H and O–H groups in total. The second kappa shape index (κ2) is 4.91. The number of nitro benzene ring substituents is 1. The lowest BCUT2D eigenvalue weighted by molar-refractivity contribution is -0.384. The Morgan fingerprint density at radius 2 is 1.79 bits per heavy atom. The van der Waals surface area contributed by atoms with E-state index in [2.05, 4.69) is 31.9 Å². The molecule has 0 fully saturated rings. The minimum atomic E-state index is -0.454. The number of hydrogen-bond acceptors (Lipinski definition) is 2. The van der Waals surface area contributed by atoms with Crippen molar-refractivity contribution < 1.29 is 4.92 Å². The lowest BCUT2D eigenvalue weighted by Crippen LogP contribution is -1.87. The predicted octanol–water partition coefficient (Wildman–Crippen LogP) is 4.25. The lowest BCUT2D eigenvalue weighted by Gasteiger charge is -1.98. The van der Waals surface area contributed by atoms with Crippen LogP contribution in [-0.2, 0) is 0 Å².